The van der Waals surface area contributed by atoms with Crippen LogP contribution in [0, 0.1) is 0 Å². The topological polar surface area (TPSA) is 21.6 Å². The molecule has 1 heterocycles. The molecule has 54 valence electrons. The van der Waals surface area contributed by atoms with Crippen molar-refractivity contribution in [3.05, 3.63) is 22.4 Å². The Kier molecular flexibility index (Phi) is 2.71. The van der Waals surface area contributed by atoms with Crippen LogP contribution >= 0.6 is 23.1 Å². The summed E-state index contributed by atoms with van der Waals surface area (Å²) < 4.78 is 8.30. The summed E-state index contributed by atoms with van der Waals surface area (Å²) in [5.41, 5.74) is 0. The molecule has 0 atom stereocenters. The van der Waals surface area contributed by atoms with Crippen LogP contribution in [0.3, 0.4) is 0 Å². The third-order valence-corrected chi connectivity index (χ3v) is 2.01. The summed E-state index contributed by atoms with van der Waals surface area (Å²) in [5, 5.41) is 1.94. The summed E-state index contributed by atoms with van der Waals surface area (Å²) in [6.45, 7) is 0. The number of thiophene rings is 1. The van der Waals surface area contributed by atoms with Gasteiger partial charge >= 0.3 is 0 Å². The summed E-state index contributed by atoms with van der Waals surface area (Å²) in [6, 6.07) is 3.82. The van der Waals surface area contributed by atoms with Crippen LogP contribution < -0.4 is 0 Å². The van der Waals surface area contributed by atoms with Gasteiger partial charge in [-0.15, -0.1) is 15.8 Å². The number of methoxy groups -OCH3 is 1. The molecule has 1 aromatic heterocycles. The van der Waals surface area contributed by atoms with E-state index in [2.05, 4.69) is 4.51 Å². The van der Waals surface area contributed by atoms with Gasteiger partial charge in [-0.3, -0.25) is 0 Å². The first kappa shape index (κ1) is 7.57. The van der Waals surface area contributed by atoms with E-state index in [1.165, 1.54) is 11.3 Å². The highest BCUT2D eigenvalue weighted by Crippen LogP contribution is 2.10. The molecule has 2 nitrogen and oxygen atoms in total. The lowest BCUT2D eigenvalue weighted by atomic mass is 10.5. The fraction of sp³-hybridized carbons (Fsp3) is 0.167. The highest BCUT2D eigenvalue weighted by Gasteiger charge is 2.01. The second kappa shape index (κ2) is 3.58. The van der Waals surface area contributed by atoms with Crippen molar-refractivity contribution in [1.29, 1.82) is 0 Å². The Balaban J connectivity index is 2.85. The first-order chi connectivity index (χ1) is 4.88. The van der Waals surface area contributed by atoms with Crippen molar-refractivity contribution in [3.8, 4) is 0 Å². The van der Waals surface area contributed by atoms with E-state index in [1.807, 2.05) is 17.5 Å². The van der Waals surface area contributed by atoms with Gasteiger partial charge < -0.3 is 4.74 Å². The molecule has 0 saturated heterocycles. The van der Waals surface area contributed by atoms with E-state index in [-0.39, 0.29) is 0 Å². The smallest absolute Gasteiger partial charge is 0.243 e. The molecule has 0 aliphatic rings. The summed E-state index contributed by atoms with van der Waals surface area (Å²) in [7, 11) is 1.54. The minimum atomic E-state index is 0.469. The number of nitrogens with zero attached hydrogens (tertiary/aromatic N) is 1. The molecule has 1 rings (SSSR count). The zero-order valence-electron chi connectivity index (χ0n) is 5.37. The molecule has 1 aromatic rings. The highest BCUT2D eigenvalue weighted by molar-refractivity contribution is 7.12. The fourth-order valence-corrected chi connectivity index (χ4v) is 1.48. The summed E-state index contributed by atoms with van der Waals surface area (Å²) in [5.74, 6) is 0.469. The molecule has 0 radical (unpaired) electrons. The normalized spacial score (nSPS) is 11.6. The molecule has 0 N–H and O–H groups in total. The Labute approximate surface area is 68.2 Å². The van der Waals surface area contributed by atoms with Crippen LogP contribution in [0.2, 0.25) is 0 Å². The summed E-state index contributed by atoms with van der Waals surface area (Å²) in [4.78, 5) is 0.942. The Bertz CT molecular complexity index is 220. The van der Waals surface area contributed by atoms with Crippen LogP contribution in [0.1, 0.15) is 4.88 Å². The van der Waals surface area contributed by atoms with Crippen molar-refractivity contribution in [2.75, 3.05) is 7.11 Å². The number of halogens is 1. The molecule has 0 unspecified atom stereocenters. The molecule has 0 aliphatic carbocycles. The van der Waals surface area contributed by atoms with Gasteiger partial charge in [0.25, 0.3) is 0 Å². The number of hydrogen-bond acceptors (Lipinski definition) is 3. The predicted molar refractivity (Wildman–Crippen MR) is 43.7 cm³/mol. The van der Waals surface area contributed by atoms with Crippen molar-refractivity contribution in [2.24, 2.45) is 4.51 Å². The Morgan fingerprint density at radius 3 is 3.00 bits per heavy atom. The SMILES string of the molecule is COC(=NCl)c1cccs1. The first-order valence-corrected chi connectivity index (χ1v) is 3.87. The Morgan fingerprint density at radius 1 is 1.80 bits per heavy atom. The lowest BCUT2D eigenvalue weighted by Crippen LogP contribution is -1.98. The predicted octanol–water partition coefficient (Wildman–Crippen LogP) is 2.29. The van der Waals surface area contributed by atoms with Crippen LogP contribution in [-0.2, 0) is 4.74 Å². The third-order valence-electron chi connectivity index (χ3n) is 1.00. The average Bonchev–Trinajstić information content (AvgIpc) is 2.43. The van der Waals surface area contributed by atoms with E-state index in [0.717, 1.165) is 4.88 Å². The van der Waals surface area contributed by atoms with Gasteiger partial charge in [0.2, 0.25) is 5.90 Å². The molecule has 10 heavy (non-hydrogen) atoms. The Morgan fingerprint density at radius 2 is 2.60 bits per heavy atom. The quantitative estimate of drug-likeness (QED) is 0.474. The summed E-state index contributed by atoms with van der Waals surface area (Å²) >= 11 is 6.77. The molecular weight excluding hydrogens is 170 g/mol. The van der Waals surface area contributed by atoms with Crippen LogP contribution in [0.25, 0.3) is 0 Å². The Hall–Kier alpha value is -0.540. The zero-order chi connectivity index (χ0) is 7.40. The standard InChI is InChI=1S/C6H6ClNOS/c1-9-6(8-7)5-3-2-4-10-5/h2-4H,1H3. The molecule has 0 fully saturated rings. The molecule has 0 spiro atoms. The van der Waals surface area contributed by atoms with E-state index >= 15 is 0 Å². The van der Waals surface area contributed by atoms with Crippen molar-refractivity contribution >= 4 is 29.0 Å². The number of hydrogen-bond donors (Lipinski definition) is 0. The third kappa shape index (κ3) is 1.49. The molecule has 0 aromatic carbocycles. The van der Waals surface area contributed by atoms with E-state index in [1.54, 1.807) is 7.11 Å². The van der Waals surface area contributed by atoms with Crippen LogP contribution in [0.5, 0.6) is 0 Å². The number of ether oxygens (including phenoxy) is 1. The van der Waals surface area contributed by atoms with Gasteiger partial charge in [0.15, 0.2) is 0 Å². The van der Waals surface area contributed by atoms with Gasteiger partial charge in [-0.05, 0) is 11.4 Å². The lowest BCUT2D eigenvalue weighted by Gasteiger charge is -1.96. The maximum atomic E-state index is 5.23. The molecular formula is C6H6ClNOS. The largest absolute Gasteiger partial charge is 0.479 e. The van der Waals surface area contributed by atoms with E-state index in [9.17, 15) is 0 Å². The van der Waals surface area contributed by atoms with Gasteiger partial charge in [0, 0.05) is 11.8 Å². The van der Waals surface area contributed by atoms with Gasteiger partial charge in [-0.2, -0.15) is 0 Å². The van der Waals surface area contributed by atoms with Crippen molar-refractivity contribution in [2.45, 2.75) is 0 Å². The molecule has 4 heteroatoms. The highest BCUT2D eigenvalue weighted by atomic mass is 35.5. The van der Waals surface area contributed by atoms with E-state index < -0.39 is 0 Å². The molecule has 0 saturated carbocycles. The molecule has 0 amide bonds. The van der Waals surface area contributed by atoms with Crippen molar-refractivity contribution in [3.63, 3.8) is 0 Å². The lowest BCUT2D eigenvalue weighted by molar-refractivity contribution is 0.407. The number of rotatable bonds is 1. The second-order valence-corrected chi connectivity index (χ2v) is 2.69. The van der Waals surface area contributed by atoms with Crippen molar-refractivity contribution in [1.82, 2.24) is 0 Å². The van der Waals surface area contributed by atoms with Gasteiger partial charge in [-0.25, -0.2) is 0 Å². The molecule has 0 aliphatic heterocycles. The second-order valence-electron chi connectivity index (χ2n) is 1.57. The van der Waals surface area contributed by atoms with Crippen LogP contribution in [0.4, 0.5) is 0 Å². The minimum absolute atomic E-state index is 0.469. The first-order valence-electron chi connectivity index (χ1n) is 2.65. The average molecular weight is 176 g/mol. The monoisotopic (exact) mass is 175 g/mol. The summed E-state index contributed by atoms with van der Waals surface area (Å²) in [6.07, 6.45) is 0. The van der Waals surface area contributed by atoms with Gasteiger partial charge in [0.1, 0.15) is 0 Å². The zero-order valence-corrected chi connectivity index (χ0v) is 6.95. The van der Waals surface area contributed by atoms with Crippen molar-refractivity contribution < 1.29 is 4.74 Å². The molecule has 0 bridgehead atoms. The fourth-order valence-electron chi connectivity index (χ4n) is 0.577. The maximum Gasteiger partial charge on any atom is 0.243 e. The van der Waals surface area contributed by atoms with Gasteiger partial charge in [0.05, 0.1) is 12.0 Å². The minimum Gasteiger partial charge on any atom is -0.479 e. The van der Waals surface area contributed by atoms with Gasteiger partial charge in [-0.1, -0.05) is 6.07 Å². The van der Waals surface area contributed by atoms with E-state index in [0.29, 0.717) is 5.90 Å². The van der Waals surface area contributed by atoms with E-state index in [4.69, 9.17) is 16.5 Å². The van der Waals surface area contributed by atoms with Crippen LogP contribution in [-0.4, -0.2) is 13.0 Å². The van der Waals surface area contributed by atoms with Crippen LogP contribution in [0.15, 0.2) is 22.0 Å². The maximum absolute atomic E-state index is 5.23.